The first-order valence-electron chi connectivity index (χ1n) is 9.34. The van der Waals surface area contributed by atoms with Gasteiger partial charge in [-0.1, -0.05) is 11.6 Å². The molecule has 0 saturated carbocycles. The van der Waals surface area contributed by atoms with Gasteiger partial charge in [0.1, 0.15) is 0 Å². The van der Waals surface area contributed by atoms with Gasteiger partial charge in [-0.25, -0.2) is 10.2 Å². The van der Waals surface area contributed by atoms with Gasteiger partial charge < -0.3 is 24.1 Å². The van der Waals surface area contributed by atoms with Crippen LogP contribution < -0.4 is 24.4 Å². The number of halogens is 1. The van der Waals surface area contributed by atoms with Crippen molar-refractivity contribution in [2.45, 2.75) is 13.8 Å². The Kier molecular flexibility index (Phi) is 8.95. The molecule has 0 aliphatic rings. The van der Waals surface area contributed by atoms with Crippen molar-refractivity contribution in [1.29, 1.82) is 0 Å². The molecule has 31 heavy (non-hydrogen) atoms. The fourth-order valence-corrected chi connectivity index (χ4v) is 2.79. The Morgan fingerprint density at radius 3 is 2.42 bits per heavy atom. The third-order valence-corrected chi connectivity index (χ3v) is 4.06. The van der Waals surface area contributed by atoms with Gasteiger partial charge in [0.25, 0.3) is 5.91 Å². The number of hydrogen-bond donors (Lipinski definition) is 2. The molecule has 0 radical (unpaired) electrons. The molecule has 0 fully saturated rings. The van der Waals surface area contributed by atoms with Crippen molar-refractivity contribution in [2.24, 2.45) is 5.10 Å². The smallest absolute Gasteiger partial charge is 0.341 e. The molecule has 0 saturated heterocycles. The molecule has 0 bridgehead atoms. The summed E-state index contributed by atoms with van der Waals surface area (Å²) in [6.07, 6.45) is 1.38. The van der Waals surface area contributed by atoms with Crippen molar-refractivity contribution < 1.29 is 33.6 Å². The first kappa shape index (κ1) is 23.8. The van der Waals surface area contributed by atoms with E-state index in [4.69, 9.17) is 35.7 Å². The van der Waals surface area contributed by atoms with E-state index < -0.39 is 18.5 Å². The Bertz CT molecular complexity index is 963. The number of aliphatic carboxylic acids is 1. The zero-order chi connectivity index (χ0) is 22.8. The number of nitrogens with one attached hydrogen (secondary N) is 1. The van der Waals surface area contributed by atoms with Gasteiger partial charge in [-0.05, 0) is 49.7 Å². The second-order valence-electron chi connectivity index (χ2n) is 5.94. The van der Waals surface area contributed by atoms with Crippen LogP contribution in [0.15, 0.2) is 35.4 Å². The predicted molar refractivity (Wildman–Crippen MR) is 115 cm³/mol. The Morgan fingerprint density at radius 1 is 1.06 bits per heavy atom. The number of carboxylic acids is 1. The summed E-state index contributed by atoms with van der Waals surface area (Å²) in [5, 5.41) is 12.9. The van der Waals surface area contributed by atoms with Crippen LogP contribution in [0.1, 0.15) is 29.8 Å². The highest BCUT2D eigenvalue weighted by atomic mass is 35.5. The largest absolute Gasteiger partial charge is 0.493 e. The summed E-state index contributed by atoms with van der Waals surface area (Å²) in [6.45, 7) is 3.78. The zero-order valence-corrected chi connectivity index (χ0v) is 18.1. The van der Waals surface area contributed by atoms with Gasteiger partial charge in [-0.3, -0.25) is 4.79 Å². The van der Waals surface area contributed by atoms with Crippen molar-refractivity contribution >= 4 is 29.7 Å². The highest BCUT2D eigenvalue weighted by molar-refractivity contribution is 6.32. The van der Waals surface area contributed by atoms with Crippen LogP contribution in [0.4, 0.5) is 0 Å². The Hall–Kier alpha value is -3.46. The number of amides is 1. The highest BCUT2D eigenvalue weighted by Crippen LogP contribution is 2.36. The van der Waals surface area contributed by atoms with Gasteiger partial charge >= 0.3 is 5.97 Å². The van der Waals surface area contributed by atoms with E-state index in [0.717, 1.165) is 0 Å². The third-order valence-electron chi connectivity index (χ3n) is 3.78. The fourth-order valence-electron chi connectivity index (χ4n) is 2.52. The number of hydrogen-bond acceptors (Lipinski definition) is 7. The van der Waals surface area contributed by atoms with E-state index in [1.54, 1.807) is 31.2 Å². The lowest BCUT2D eigenvalue weighted by Crippen LogP contribution is -2.17. The number of carbonyl (C=O) groups excluding carboxylic acids is 1. The van der Waals surface area contributed by atoms with Crippen molar-refractivity contribution in [1.82, 2.24) is 5.43 Å². The second-order valence-corrected chi connectivity index (χ2v) is 6.35. The van der Waals surface area contributed by atoms with Crippen LogP contribution >= 0.6 is 11.6 Å². The van der Waals surface area contributed by atoms with Gasteiger partial charge in [0.15, 0.2) is 29.6 Å². The zero-order valence-electron chi connectivity index (χ0n) is 17.3. The van der Waals surface area contributed by atoms with Gasteiger partial charge in [0, 0.05) is 5.56 Å². The first-order chi connectivity index (χ1) is 14.9. The number of carboxylic acid groups (broad SMARTS) is 1. The maximum absolute atomic E-state index is 12.4. The summed E-state index contributed by atoms with van der Waals surface area (Å²) in [6, 6.07) is 7.87. The Labute approximate surface area is 184 Å². The minimum atomic E-state index is -1.14. The van der Waals surface area contributed by atoms with Crippen LogP contribution in [0.25, 0.3) is 0 Å². The number of carbonyl (C=O) groups is 2. The number of methoxy groups -OCH3 is 1. The molecular weight excluding hydrogens is 428 g/mol. The molecule has 0 atom stereocenters. The average Bonchev–Trinajstić information content (AvgIpc) is 2.73. The lowest BCUT2D eigenvalue weighted by atomic mass is 10.2. The maximum Gasteiger partial charge on any atom is 0.341 e. The highest BCUT2D eigenvalue weighted by Gasteiger charge is 2.14. The molecule has 166 valence electrons. The van der Waals surface area contributed by atoms with E-state index in [2.05, 4.69) is 10.5 Å². The van der Waals surface area contributed by atoms with Crippen molar-refractivity contribution in [3.8, 4) is 23.0 Å². The normalized spacial score (nSPS) is 10.6. The van der Waals surface area contributed by atoms with Crippen molar-refractivity contribution in [3.05, 3.63) is 46.5 Å². The number of hydrazone groups is 1. The number of rotatable bonds is 11. The van der Waals surface area contributed by atoms with Gasteiger partial charge in [-0.2, -0.15) is 5.10 Å². The maximum atomic E-state index is 12.4. The molecule has 9 nitrogen and oxygen atoms in total. The molecule has 0 spiro atoms. The lowest BCUT2D eigenvalue weighted by molar-refractivity contribution is -0.139. The molecule has 0 heterocycles. The van der Waals surface area contributed by atoms with Crippen LogP contribution in [0.2, 0.25) is 5.02 Å². The molecule has 0 aliphatic heterocycles. The van der Waals surface area contributed by atoms with Gasteiger partial charge in [0.05, 0.1) is 31.6 Å². The minimum absolute atomic E-state index is 0.119. The SMILES string of the molecule is CCOc1cc(C(=O)N/N=C/c2cc(Cl)c(OCC(=O)O)c(OCC)c2)ccc1OC. The quantitative estimate of drug-likeness (QED) is 0.398. The second kappa shape index (κ2) is 11.7. The number of ether oxygens (including phenoxy) is 4. The van der Waals surface area contributed by atoms with E-state index in [-0.39, 0.29) is 16.5 Å². The average molecular weight is 451 g/mol. The molecule has 0 aromatic heterocycles. The molecule has 0 unspecified atom stereocenters. The van der Waals surface area contributed by atoms with Crippen LogP contribution in [0.5, 0.6) is 23.0 Å². The standard InChI is InChI=1S/C21H23ClN2O7/c1-4-29-17-10-14(6-7-16(17)28-3)21(27)24-23-11-13-8-15(22)20(31-12-19(25)26)18(9-13)30-5-2/h6-11H,4-5,12H2,1-3H3,(H,24,27)(H,25,26)/b23-11+. The lowest BCUT2D eigenvalue weighted by Gasteiger charge is -2.13. The summed E-state index contributed by atoms with van der Waals surface area (Å²) in [4.78, 5) is 23.1. The molecule has 2 rings (SSSR count). The van der Waals surface area contributed by atoms with Crippen molar-refractivity contribution in [3.63, 3.8) is 0 Å². The summed E-state index contributed by atoms with van der Waals surface area (Å²) >= 11 is 6.19. The van der Waals surface area contributed by atoms with Crippen LogP contribution in [-0.4, -0.2) is 50.1 Å². The first-order valence-corrected chi connectivity index (χ1v) is 9.72. The molecule has 10 heteroatoms. The van der Waals surface area contributed by atoms with Crippen LogP contribution in [-0.2, 0) is 4.79 Å². The van der Waals surface area contributed by atoms with Gasteiger partial charge in [0.2, 0.25) is 0 Å². The minimum Gasteiger partial charge on any atom is -0.493 e. The van der Waals surface area contributed by atoms with Crippen LogP contribution in [0, 0.1) is 0 Å². The molecule has 2 aromatic rings. The summed E-state index contributed by atoms with van der Waals surface area (Å²) in [5.41, 5.74) is 3.28. The molecule has 1 amide bonds. The number of benzene rings is 2. The predicted octanol–water partition coefficient (Wildman–Crippen LogP) is 3.37. The van der Waals surface area contributed by atoms with E-state index in [9.17, 15) is 9.59 Å². The Balaban J connectivity index is 2.15. The van der Waals surface area contributed by atoms with Crippen molar-refractivity contribution in [2.75, 3.05) is 26.9 Å². The van der Waals surface area contributed by atoms with E-state index >= 15 is 0 Å². The summed E-state index contributed by atoms with van der Waals surface area (Å²) in [7, 11) is 1.52. The Morgan fingerprint density at radius 2 is 1.77 bits per heavy atom. The topological polar surface area (TPSA) is 116 Å². The fraction of sp³-hybridized carbons (Fsp3) is 0.286. The summed E-state index contributed by atoms with van der Waals surface area (Å²) < 4.78 is 21.3. The number of nitrogens with zero attached hydrogens (tertiary/aromatic N) is 1. The third kappa shape index (κ3) is 6.78. The molecular formula is C21H23ClN2O7. The molecule has 2 N–H and O–H groups in total. The monoisotopic (exact) mass is 450 g/mol. The van der Waals surface area contributed by atoms with E-state index in [1.807, 2.05) is 6.92 Å². The molecule has 0 aliphatic carbocycles. The molecule has 2 aromatic carbocycles. The van der Waals surface area contributed by atoms with E-state index in [0.29, 0.717) is 35.8 Å². The van der Waals surface area contributed by atoms with Crippen LogP contribution in [0.3, 0.4) is 0 Å². The summed E-state index contributed by atoms with van der Waals surface area (Å²) in [5.74, 6) is -0.235. The van der Waals surface area contributed by atoms with E-state index in [1.165, 1.54) is 19.4 Å². The van der Waals surface area contributed by atoms with Gasteiger partial charge in [-0.15, -0.1) is 0 Å².